The highest BCUT2D eigenvalue weighted by Gasteiger charge is 2.31. The molecule has 156 valence electrons. The third kappa shape index (κ3) is 5.23. The van der Waals surface area contributed by atoms with E-state index in [1.165, 1.54) is 23.5 Å². The molecule has 6 nitrogen and oxygen atoms in total. The summed E-state index contributed by atoms with van der Waals surface area (Å²) in [5.74, 6) is -0.425. The van der Waals surface area contributed by atoms with E-state index in [0.717, 1.165) is 21.8 Å². The maximum atomic E-state index is 11.9. The van der Waals surface area contributed by atoms with E-state index in [1.807, 2.05) is 43.5 Å². The molecule has 0 aliphatic rings. The first-order valence-corrected chi connectivity index (χ1v) is 10.7. The van der Waals surface area contributed by atoms with Gasteiger partial charge in [0.15, 0.2) is 0 Å². The van der Waals surface area contributed by atoms with Crippen LogP contribution < -0.4 is 5.73 Å². The van der Waals surface area contributed by atoms with Gasteiger partial charge < -0.3 is 5.73 Å². The molecule has 0 saturated heterocycles. The van der Waals surface area contributed by atoms with Crippen molar-refractivity contribution in [2.45, 2.75) is 32.6 Å². The van der Waals surface area contributed by atoms with E-state index in [-0.39, 0.29) is 17.5 Å². The van der Waals surface area contributed by atoms with Crippen LogP contribution in [-0.2, 0) is 11.2 Å². The van der Waals surface area contributed by atoms with E-state index < -0.39 is 10.3 Å². The number of carbonyl (C=O) groups is 1. The number of primary amides is 1. The van der Waals surface area contributed by atoms with Gasteiger partial charge in [-0.05, 0) is 30.5 Å². The maximum Gasteiger partial charge on any atom is 0.269 e. The number of thiazole rings is 1. The van der Waals surface area contributed by atoms with E-state index in [4.69, 9.17) is 22.3 Å². The van der Waals surface area contributed by atoms with Gasteiger partial charge in [-0.1, -0.05) is 49.7 Å². The number of aromatic nitrogens is 1. The molecule has 0 radical (unpaired) electrons. The lowest BCUT2D eigenvalue weighted by Gasteiger charge is -2.26. The lowest BCUT2D eigenvalue weighted by atomic mass is 9.80. The molecule has 3 aromatic rings. The first-order chi connectivity index (χ1) is 14.2. The summed E-state index contributed by atoms with van der Waals surface area (Å²) < 4.78 is 0. The van der Waals surface area contributed by atoms with E-state index >= 15 is 0 Å². The normalized spacial score (nSPS) is 12.5. The van der Waals surface area contributed by atoms with Gasteiger partial charge in [0.1, 0.15) is 0 Å². The largest absolute Gasteiger partial charge is 0.369 e. The van der Waals surface area contributed by atoms with Crippen LogP contribution in [0.2, 0.25) is 5.02 Å². The van der Waals surface area contributed by atoms with Crippen LogP contribution in [0.1, 0.15) is 36.8 Å². The molecular weight excluding hydrogens is 422 g/mol. The summed E-state index contributed by atoms with van der Waals surface area (Å²) in [4.78, 5) is 27.2. The Hall–Kier alpha value is -2.77. The van der Waals surface area contributed by atoms with Gasteiger partial charge in [0.05, 0.1) is 15.6 Å². The molecule has 1 aromatic heterocycles. The van der Waals surface area contributed by atoms with Crippen LogP contribution in [0.4, 0.5) is 5.69 Å². The van der Waals surface area contributed by atoms with Crippen molar-refractivity contribution in [2.75, 3.05) is 0 Å². The molecular formula is C22H22ClN3O3S. The number of benzene rings is 2. The summed E-state index contributed by atoms with van der Waals surface area (Å²) in [5, 5.41) is 14.5. The van der Waals surface area contributed by atoms with Crippen LogP contribution in [-0.4, -0.2) is 15.8 Å². The van der Waals surface area contributed by atoms with Crippen LogP contribution in [0.5, 0.6) is 0 Å². The second-order valence-corrected chi connectivity index (χ2v) is 9.18. The number of hydrogen-bond donors (Lipinski definition) is 1. The van der Waals surface area contributed by atoms with Gasteiger partial charge in [-0.3, -0.25) is 14.9 Å². The average molecular weight is 444 g/mol. The van der Waals surface area contributed by atoms with E-state index in [2.05, 4.69) is 0 Å². The molecule has 0 unspecified atom stereocenters. The standard InChI is InChI=1S/C22H22ClN3O3S/c1-22(2,21(24)27)12-16(11-14-3-9-18(10-4-14)26(28)29)20-25-19(13-30-20)15-5-7-17(23)8-6-15/h3-10,13,16H,11-12H2,1-2H3,(H2,24,27)/t16-/m0/s1. The van der Waals surface area contributed by atoms with Crippen molar-refractivity contribution < 1.29 is 9.72 Å². The van der Waals surface area contributed by atoms with Gasteiger partial charge >= 0.3 is 0 Å². The molecule has 3 rings (SSSR count). The fourth-order valence-electron chi connectivity index (χ4n) is 3.23. The Balaban J connectivity index is 1.90. The quantitative estimate of drug-likeness (QED) is 0.361. The van der Waals surface area contributed by atoms with E-state index in [9.17, 15) is 14.9 Å². The Bertz CT molecular complexity index is 1050. The Morgan fingerprint density at radius 2 is 1.83 bits per heavy atom. The number of nitro benzene ring substituents is 1. The van der Waals surface area contributed by atoms with Crippen LogP contribution in [0.15, 0.2) is 53.9 Å². The number of hydrogen-bond acceptors (Lipinski definition) is 5. The Labute approximate surface area is 183 Å². The monoisotopic (exact) mass is 443 g/mol. The van der Waals surface area contributed by atoms with Crippen molar-refractivity contribution >= 4 is 34.5 Å². The Morgan fingerprint density at radius 1 is 1.20 bits per heavy atom. The highest BCUT2D eigenvalue weighted by molar-refractivity contribution is 7.10. The molecule has 2 N–H and O–H groups in total. The predicted octanol–water partition coefficient (Wildman–Crippen LogP) is 5.60. The highest BCUT2D eigenvalue weighted by Crippen LogP contribution is 2.37. The topological polar surface area (TPSA) is 99.1 Å². The Kier molecular flexibility index (Phi) is 6.53. The third-order valence-corrected chi connectivity index (χ3v) is 6.32. The predicted molar refractivity (Wildman–Crippen MR) is 120 cm³/mol. The molecule has 0 saturated carbocycles. The van der Waals surface area contributed by atoms with Crippen molar-refractivity contribution in [3.05, 3.63) is 79.6 Å². The van der Waals surface area contributed by atoms with Gasteiger partial charge in [0.2, 0.25) is 5.91 Å². The van der Waals surface area contributed by atoms with Crippen molar-refractivity contribution in [1.29, 1.82) is 0 Å². The van der Waals surface area contributed by atoms with Crippen LogP contribution in [0, 0.1) is 15.5 Å². The summed E-state index contributed by atoms with van der Waals surface area (Å²) in [6.07, 6.45) is 1.12. The number of halogens is 1. The molecule has 2 aromatic carbocycles. The Morgan fingerprint density at radius 3 is 2.40 bits per heavy atom. The number of amides is 1. The smallest absolute Gasteiger partial charge is 0.269 e. The highest BCUT2D eigenvalue weighted by atomic mass is 35.5. The van der Waals surface area contributed by atoms with Crippen molar-refractivity contribution in [3.8, 4) is 11.3 Å². The first-order valence-electron chi connectivity index (χ1n) is 9.40. The van der Waals surface area contributed by atoms with Crippen molar-refractivity contribution in [1.82, 2.24) is 4.98 Å². The molecule has 0 aliphatic carbocycles. The molecule has 0 spiro atoms. The third-order valence-electron chi connectivity index (χ3n) is 5.06. The van der Waals surface area contributed by atoms with Crippen LogP contribution in [0.3, 0.4) is 0 Å². The summed E-state index contributed by atoms with van der Waals surface area (Å²) in [6.45, 7) is 3.65. The number of nitrogens with two attached hydrogens (primary N) is 1. The van der Waals surface area contributed by atoms with Crippen LogP contribution in [0.25, 0.3) is 11.3 Å². The minimum atomic E-state index is -0.711. The molecule has 30 heavy (non-hydrogen) atoms. The zero-order valence-electron chi connectivity index (χ0n) is 16.7. The maximum absolute atomic E-state index is 11.9. The number of non-ortho nitro benzene ring substituents is 1. The molecule has 1 heterocycles. The van der Waals surface area contributed by atoms with E-state index in [1.54, 1.807) is 12.1 Å². The van der Waals surface area contributed by atoms with Gasteiger partial charge in [-0.2, -0.15) is 0 Å². The molecule has 1 atom stereocenters. The van der Waals surface area contributed by atoms with Gasteiger partial charge in [-0.15, -0.1) is 11.3 Å². The zero-order valence-corrected chi connectivity index (χ0v) is 18.2. The summed E-state index contributed by atoms with van der Waals surface area (Å²) in [7, 11) is 0. The molecule has 8 heteroatoms. The van der Waals surface area contributed by atoms with Crippen LogP contribution >= 0.6 is 22.9 Å². The number of rotatable bonds is 8. The van der Waals surface area contributed by atoms with Crippen molar-refractivity contribution in [3.63, 3.8) is 0 Å². The SMILES string of the molecule is CC(C)(C[C@H](Cc1ccc([N+](=O)[O-])cc1)c1nc(-c2ccc(Cl)cc2)cs1)C(N)=O. The molecule has 0 fully saturated rings. The second-order valence-electron chi connectivity index (χ2n) is 7.85. The zero-order chi connectivity index (χ0) is 21.9. The number of carbonyl (C=O) groups excluding carboxylic acids is 1. The molecule has 0 aliphatic heterocycles. The van der Waals surface area contributed by atoms with E-state index in [0.29, 0.717) is 17.9 Å². The second kappa shape index (κ2) is 8.93. The van der Waals surface area contributed by atoms with Crippen molar-refractivity contribution in [2.24, 2.45) is 11.1 Å². The van der Waals surface area contributed by atoms with Gasteiger partial charge in [0.25, 0.3) is 5.69 Å². The average Bonchev–Trinajstić information content (AvgIpc) is 3.18. The number of nitrogens with zero attached hydrogens (tertiary/aromatic N) is 2. The fraction of sp³-hybridized carbons (Fsp3) is 0.273. The molecule has 0 bridgehead atoms. The minimum Gasteiger partial charge on any atom is -0.369 e. The minimum absolute atomic E-state index is 0.0482. The summed E-state index contributed by atoms with van der Waals surface area (Å²) >= 11 is 7.51. The number of nitro groups is 1. The fourth-order valence-corrected chi connectivity index (χ4v) is 4.29. The lowest BCUT2D eigenvalue weighted by molar-refractivity contribution is -0.384. The van der Waals surface area contributed by atoms with Gasteiger partial charge in [0, 0.05) is 39.4 Å². The summed E-state index contributed by atoms with van der Waals surface area (Å²) in [5.41, 5.74) is 7.69. The van der Waals surface area contributed by atoms with Gasteiger partial charge in [-0.25, -0.2) is 4.98 Å². The lowest BCUT2D eigenvalue weighted by Crippen LogP contribution is -2.33. The first kappa shape index (κ1) is 21.9. The summed E-state index contributed by atoms with van der Waals surface area (Å²) in [6, 6.07) is 14.0. The molecule has 1 amide bonds.